The molecular weight excluding hydrogens is 233 g/mol. The van der Waals surface area contributed by atoms with Crippen LogP contribution >= 0.6 is 0 Å². The lowest BCUT2D eigenvalue weighted by molar-refractivity contribution is -0.118. The molecule has 1 heterocycles. The number of rotatable bonds is 1. The van der Waals surface area contributed by atoms with Gasteiger partial charge in [0.25, 0.3) is 5.91 Å². The number of benzene rings is 2. The van der Waals surface area contributed by atoms with Gasteiger partial charge in [0.1, 0.15) is 11.6 Å². The van der Waals surface area contributed by atoms with Crippen molar-refractivity contribution < 1.29 is 13.9 Å². The summed E-state index contributed by atoms with van der Waals surface area (Å²) in [6.45, 7) is 0.0135. The Morgan fingerprint density at radius 3 is 2.78 bits per heavy atom. The number of carbonyl (C=O) groups excluding carboxylic acids is 1. The van der Waals surface area contributed by atoms with Gasteiger partial charge in [-0.25, -0.2) is 4.39 Å². The van der Waals surface area contributed by atoms with Crippen LogP contribution in [0.5, 0.6) is 5.75 Å². The van der Waals surface area contributed by atoms with Gasteiger partial charge in [-0.2, -0.15) is 0 Å². The molecule has 0 bridgehead atoms. The molecule has 0 aromatic heterocycles. The fourth-order valence-electron chi connectivity index (χ4n) is 1.92. The largest absolute Gasteiger partial charge is 0.482 e. The first-order chi connectivity index (χ1) is 8.72. The minimum Gasteiger partial charge on any atom is -0.482 e. The van der Waals surface area contributed by atoms with Crippen LogP contribution in [-0.2, 0) is 4.79 Å². The average Bonchev–Trinajstić information content (AvgIpc) is 2.38. The van der Waals surface area contributed by atoms with E-state index in [9.17, 15) is 9.18 Å². The fourth-order valence-corrected chi connectivity index (χ4v) is 1.92. The van der Waals surface area contributed by atoms with Crippen LogP contribution in [0, 0.1) is 5.82 Å². The van der Waals surface area contributed by atoms with E-state index in [0.717, 1.165) is 11.1 Å². The zero-order valence-electron chi connectivity index (χ0n) is 9.44. The van der Waals surface area contributed by atoms with Crippen molar-refractivity contribution in [2.75, 3.05) is 11.9 Å². The molecule has 18 heavy (non-hydrogen) atoms. The van der Waals surface area contributed by atoms with Gasteiger partial charge in [-0.15, -0.1) is 0 Å². The average molecular weight is 243 g/mol. The number of amides is 1. The number of halogens is 1. The summed E-state index contributed by atoms with van der Waals surface area (Å²) >= 11 is 0. The van der Waals surface area contributed by atoms with Gasteiger partial charge in [-0.05, 0) is 35.4 Å². The predicted octanol–water partition coefficient (Wildman–Crippen LogP) is 2.82. The van der Waals surface area contributed by atoms with E-state index >= 15 is 0 Å². The van der Waals surface area contributed by atoms with Gasteiger partial charge in [-0.3, -0.25) is 4.79 Å². The molecule has 1 amide bonds. The summed E-state index contributed by atoms with van der Waals surface area (Å²) in [6.07, 6.45) is 0. The van der Waals surface area contributed by atoms with E-state index < -0.39 is 0 Å². The number of ether oxygens (including phenoxy) is 1. The molecule has 90 valence electrons. The third-order valence-corrected chi connectivity index (χ3v) is 2.77. The molecule has 0 aliphatic carbocycles. The van der Waals surface area contributed by atoms with Gasteiger partial charge >= 0.3 is 0 Å². The molecule has 0 saturated heterocycles. The number of hydrogen-bond donors (Lipinski definition) is 1. The van der Waals surface area contributed by atoms with E-state index in [2.05, 4.69) is 5.32 Å². The highest BCUT2D eigenvalue weighted by Crippen LogP contribution is 2.32. The molecule has 0 saturated carbocycles. The summed E-state index contributed by atoms with van der Waals surface area (Å²) in [7, 11) is 0. The number of nitrogens with one attached hydrogen (secondary N) is 1. The third kappa shape index (κ3) is 1.93. The monoisotopic (exact) mass is 243 g/mol. The van der Waals surface area contributed by atoms with Crippen LogP contribution in [-0.4, -0.2) is 12.5 Å². The zero-order valence-corrected chi connectivity index (χ0v) is 9.44. The van der Waals surface area contributed by atoms with E-state index in [1.165, 1.54) is 12.1 Å². The van der Waals surface area contributed by atoms with Gasteiger partial charge in [0, 0.05) is 0 Å². The van der Waals surface area contributed by atoms with Crippen LogP contribution in [0.4, 0.5) is 10.1 Å². The van der Waals surface area contributed by atoms with Crippen LogP contribution in [0.3, 0.4) is 0 Å². The van der Waals surface area contributed by atoms with E-state index in [0.29, 0.717) is 11.4 Å². The first-order valence-electron chi connectivity index (χ1n) is 5.55. The van der Waals surface area contributed by atoms with Gasteiger partial charge in [0.05, 0.1) is 5.69 Å². The highest BCUT2D eigenvalue weighted by atomic mass is 19.1. The normalized spacial score (nSPS) is 13.5. The molecule has 2 aromatic carbocycles. The van der Waals surface area contributed by atoms with Gasteiger partial charge in [0.15, 0.2) is 6.61 Å². The SMILES string of the molecule is O=C1COc2cc(-c3cccc(F)c3)ccc2N1. The van der Waals surface area contributed by atoms with Gasteiger partial charge in [-0.1, -0.05) is 18.2 Å². The van der Waals surface area contributed by atoms with Crippen molar-refractivity contribution in [1.82, 2.24) is 0 Å². The Morgan fingerprint density at radius 1 is 1.11 bits per heavy atom. The van der Waals surface area contributed by atoms with E-state index in [4.69, 9.17) is 4.74 Å². The molecule has 1 aliphatic heterocycles. The molecule has 0 spiro atoms. The second-order valence-electron chi connectivity index (χ2n) is 4.06. The van der Waals surface area contributed by atoms with Crippen molar-refractivity contribution in [3.05, 3.63) is 48.3 Å². The summed E-state index contributed by atoms with van der Waals surface area (Å²) < 4.78 is 18.5. The molecule has 1 N–H and O–H groups in total. The standard InChI is InChI=1S/C14H10FNO2/c15-11-3-1-2-9(6-11)10-4-5-12-13(7-10)18-8-14(17)16-12/h1-7H,8H2,(H,16,17). The number of carbonyl (C=O) groups is 1. The van der Waals surface area contributed by atoms with Crippen molar-refractivity contribution in [3.8, 4) is 16.9 Å². The van der Waals surface area contributed by atoms with Crippen molar-refractivity contribution in [1.29, 1.82) is 0 Å². The molecule has 0 fully saturated rings. The van der Waals surface area contributed by atoms with Crippen molar-refractivity contribution >= 4 is 11.6 Å². The molecule has 0 unspecified atom stereocenters. The lowest BCUT2D eigenvalue weighted by Crippen LogP contribution is -2.25. The second-order valence-corrected chi connectivity index (χ2v) is 4.06. The molecular formula is C14H10FNO2. The number of hydrogen-bond acceptors (Lipinski definition) is 2. The summed E-state index contributed by atoms with van der Waals surface area (Å²) in [4.78, 5) is 11.1. The maximum Gasteiger partial charge on any atom is 0.262 e. The minimum absolute atomic E-state index is 0.0135. The molecule has 3 rings (SSSR count). The second kappa shape index (κ2) is 4.14. The molecule has 2 aromatic rings. The van der Waals surface area contributed by atoms with E-state index in [1.807, 2.05) is 12.1 Å². The molecule has 4 heteroatoms. The third-order valence-electron chi connectivity index (χ3n) is 2.77. The molecule has 3 nitrogen and oxygen atoms in total. The summed E-state index contributed by atoms with van der Waals surface area (Å²) in [5.41, 5.74) is 2.27. The summed E-state index contributed by atoms with van der Waals surface area (Å²) in [5.74, 6) is 0.164. The Morgan fingerprint density at radius 2 is 1.94 bits per heavy atom. The number of anilines is 1. The fraction of sp³-hybridized carbons (Fsp3) is 0.0714. The minimum atomic E-state index is -0.278. The molecule has 1 aliphatic rings. The first-order valence-corrected chi connectivity index (χ1v) is 5.55. The van der Waals surface area contributed by atoms with Crippen LogP contribution in [0.15, 0.2) is 42.5 Å². The van der Waals surface area contributed by atoms with E-state index in [1.54, 1.807) is 18.2 Å². The predicted molar refractivity (Wildman–Crippen MR) is 66.0 cm³/mol. The smallest absolute Gasteiger partial charge is 0.262 e. The zero-order chi connectivity index (χ0) is 12.5. The van der Waals surface area contributed by atoms with Crippen LogP contribution in [0.1, 0.15) is 0 Å². The van der Waals surface area contributed by atoms with Crippen LogP contribution in [0.2, 0.25) is 0 Å². The lowest BCUT2D eigenvalue weighted by atomic mass is 10.0. The summed E-state index contributed by atoms with van der Waals surface area (Å²) in [5, 5.41) is 2.71. The van der Waals surface area contributed by atoms with E-state index in [-0.39, 0.29) is 18.3 Å². The van der Waals surface area contributed by atoms with Crippen molar-refractivity contribution in [3.63, 3.8) is 0 Å². The highest BCUT2D eigenvalue weighted by Gasteiger charge is 2.16. The molecule has 0 atom stereocenters. The van der Waals surface area contributed by atoms with Gasteiger partial charge in [0.2, 0.25) is 0 Å². The Hall–Kier alpha value is -2.36. The maximum absolute atomic E-state index is 13.2. The number of fused-ring (bicyclic) bond motifs is 1. The van der Waals surface area contributed by atoms with Crippen LogP contribution < -0.4 is 10.1 Å². The topological polar surface area (TPSA) is 38.3 Å². The highest BCUT2D eigenvalue weighted by molar-refractivity contribution is 5.95. The Kier molecular flexibility index (Phi) is 2.48. The maximum atomic E-state index is 13.2. The summed E-state index contributed by atoms with van der Waals surface area (Å²) in [6, 6.07) is 11.7. The van der Waals surface area contributed by atoms with Crippen molar-refractivity contribution in [2.45, 2.75) is 0 Å². The quantitative estimate of drug-likeness (QED) is 0.836. The lowest BCUT2D eigenvalue weighted by Gasteiger charge is -2.18. The van der Waals surface area contributed by atoms with Crippen LogP contribution in [0.25, 0.3) is 11.1 Å². The Balaban J connectivity index is 2.02. The Labute approximate surface area is 103 Å². The first kappa shape index (κ1) is 10.8. The van der Waals surface area contributed by atoms with Gasteiger partial charge < -0.3 is 10.1 Å². The molecule has 0 radical (unpaired) electrons. The Bertz CT molecular complexity index is 625. The van der Waals surface area contributed by atoms with Crippen molar-refractivity contribution in [2.24, 2.45) is 0 Å².